The van der Waals surface area contributed by atoms with Crippen molar-refractivity contribution in [1.82, 2.24) is 4.98 Å². The van der Waals surface area contributed by atoms with Gasteiger partial charge in [0.25, 0.3) is 0 Å². The normalized spacial score (nSPS) is 10.4. The molecule has 0 aromatic carbocycles. The molecule has 0 saturated heterocycles. The smallest absolute Gasteiger partial charge is 0.237 e. The molecule has 0 saturated carbocycles. The number of thioether (sulfide) groups is 1. The molecule has 0 spiro atoms. The number of anilines is 1. The van der Waals surface area contributed by atoms with E-state index in [2.05, 4.69) is 16.6 Å². The van der Waals surface area contributed by atoms with Gasteiger partial charge in [0, 0.05) is 18.5 Å². The topological polar surface area (TPSA) is 34.2 Å². The number of aromatic nitrogens is 1. The summed E-state index contributed by atoms with van der Waals surface area (Å²) in [5.74, 6) is 1.77. The maximum atomic E-state index is 5.60. The van der Waals surface area contributed by atoms with Crippen LogP contribution >= 0.6 is 11.8 Å². The lowest BCUT2D eigenvalue weighted by Crippen LogP contribution is -2.11. The average Bonchev–Trinajstić information content (AvgIpc) is 2.20. The van der Waals surface area contributed by atoms with Gasteiger partial charge in [-0.2, -0.15) is 11.8 Å². The monoisotopic (exact) mass is 226 g/mol. The van der Waals surface area contributed by atoms with Crippen molar-refractivity contribution in [1.29, 1.82) is 0 Å². The molecule has 0 radical (unpaired) electrons. The lowest BCUT2D eigenvalue weighted by molar-refractivity contribution is 0.234. The van der Waals surface area contributed by atoms with Crippen molar-refractivity contribution in [2.24, 2.45) is 0 Å². The number of hydrogen-bond acceptors (Lipinski definition) is 4. The van der Waals surface area contributed by atoms with E-state index in [0.29, 0.717) is 5.88 Å². The Labute approximate surface area is 95.6 Å². The zero-order valence-corrected chi connectivity index (χ0v) is 10.3. The van der Waals surface area contributed by atoms with Crippen LogP contribution in [0.5, 0.6) is 5.88 Å². The van der Waals surface area contributed by atoms with Gasteiger partial charge in [0.15, 0.2) is 0 Å². The van der Waals surface area contributed by atoms with Gasteiger partial charge in [0.1, 0.15) is 0 Å². The summed E-state index contributed by atoms with van der Waals surface area (Å²) in [6.45, 7) is 4.93. The Morgan fingerprint density at radius 3 is 3.00 bits per heavy atom. The van der Waals surface area contributed by atoms with Crippen LogP contribution in [0.25, 0.3) is 0 Å². The number of nitrogens with zero attached hydrogens (tertiary/aromatic N) is 1. The second-order valence-corrected chi connectivity index (χ2v) is 4.43. The van der Waals surface area contributed by atoms with Gasteiger partial charge in [-0.15, -0.1) is 0 Å². The first kappa shape index (κ1) is 12.2. The fraction of sp³-hybridized carbons (Fsp3) is 0.545. The third kappa shape index (κ3) is 4.42. The summed E-state index contributed by atoms with van der Waals surface area (Å²) < 4.78 is 5.60. The van der Waals surface area contributed by atoms with Gasteiger partial charge >= 0.3 is 0 Å². The summed E-state index contributed by atoms with van der Waals surface area (Å²) in [6, 6.07) is 3.90. The van der Waals surface area contributed by atoms with E-state index in [1.54, 1.807) is 6.20 Å². The van der Waals surface area contributed by atoms with Crippen LogP contribution in [0, 0.1) is 0 Å². The molecule has 1 aromatic heterocycles. The van der Waals surface area contributed by atoms with E-state index < -0.39 is 0 Å². The van der Waals surface area contributed by atoms with Crippen molar-refractivity contribution in [2.75, 3.05) is 23.9 Å². The van der Waals surface area contributed by atoms with Crippen LogP contribution in [-0.2, 0) is 0 Å². The highest BCUT2D eigenvalue weighted by molar-refractivity contribution is 7.98. The van der Waals surface area contributed by atoms with Crippen molar-refractivity contribution in [2.45, 2.75) is 20.0 Å². The lowest BCUT2D eigenvalue weighted by atomic mass is 10.4. The number of ether oxygens (including phenoxy) is 1. The van der Waals surface area contributed by atoms with Crippen LogP contribution in [0.3, 0.4) is 0 Å². The molecule has 1 heterocycles. The lowest BCUT2D eigenvalue weighted by Gasteiger charge is -2.13. The summed E-state index contributed by atoms with van der Waals surface area (Å²) in [4.78, 5) is 4.21. The molecule has 4 heteroatoms. The number of pyridine rings is 1. The summed E-state index contributed by atoms with van der Waals surface area (Å²) in [5.41, 5.74) is 0.972. The first-order valence-electron chi connectivity index (χ1n) is 5.08. The van der Waals surface area contributed by atoms with Crippen LogP contribution in [-0.4, -0.2) is 29.6 Å². The Kier molecular flexibility index (Phi) is 5.32. The Hall–Kier alpha value is -0.900. The summed E-state index contributed by atoms with van der Waals surface area (Å²) >= 11 is 1.82. The largest absolute Gasteiger partial charge is 0.473 e. The standard InChI is InChI=1S/C11H18N2OS/c1-9(2)14-11-10(5-4-6-13-11)12-7-8-15-3/h4-6,9,12H,7-8H2,1-3H3. The van der Waals surface area contributed by atoms with E-state index in [4.69, 9.17) is 4.74 Å². The fourth-order valence-corrected chi connectivity index (χ4v) is 1.44. The molecule has 0 aliphatic heterocycles. The molecule has 3 nitrogen and oxygen atoms in total. The molecular formula is C11H18N2OS. The molecule has 1 rings (SSSR count). The van der Waals surface area contributed by atoms with Crippen molar-refractivity contribution in [3.63, 3.8) is 0 Å². The van der Waals surface area contributed by atoms with Crippen LogP contribution in [0.1, 0.15) is 13.8 Å². The van der Waals surface area contributed by atoms with Gasteiger partial charge in [-0.1, -0.05) is 0 Å². The predicted molar refractivity (Wildman–Crippen MR) is 66.9 cm³/mol. The van der Waals surface area contributed by atoms with E-state index in [0.717, 1.165) is 18.0 Å². The van der Waals surface area contributed by atoms with Crippen LogP contribution < -0.4 is 10.1 Å². The Morgan fingerprint density at radius 1 is 1.53 bits per heavy atom. The highest BCUT2D eigenvalue weighted by atomic mass is 32.2. The Balaban J connectivity index is 2.60. The molecule has 0 fully saturated rings. The molecule has 0 bridgehead atoms. The third-order valence-electron chi connectivity index (χ3n) is 1.74. The number of hydrogen-bond donors (Lipinski definition) is 1. The average molecular weight is 226 g/mol. The Bertz CT molecular complexity index is 292. The molecule has 0 atom stereocenters. The minimum Gasteiger partial charge on any atom is -0.473 e. The van der Waals surface area contributed by atoms with Crippen LogP contribution in [0.2, 0.25) is 0 Å². The maximum Gasteiger partial charge on any atom is 0.237 e. The summed E-state index contributed by atoms with van der Waals surface area (Å²) in [7, 11) is 0. The van der Waals surface area contributed by atoms with Gasteiger partial charge in [-0.25, -0.2) is 4.98 Å². The zero-order valence-electron chi connectivity index (χ0n) is 9.49. The predicted octanol–water partition coefficient (Wildman–Crippen LogP) is 2.64. The fourth-order valence-electron chi connectivity index (χ4n) is 1.13. The van der Waals surface area contributed by atoms with E-state index in [9.17, 15) is 0 Å². The van der Waals surface area contributed by atoms with Crippen LogP contribution in [0.15, 0.2) is 18.3 Å². The minimum absolute atomic E-state index is 0.154. The SMILES string of the molecule is CSCCNc1cccnc1OC(C)C. The second kappa shape index (κ2) is 6.56. The first-order valence-corrected chi connectivity index (χ1v) is 6.48. The van der Waals surface area contributed by atoms with Gasteiger partial charge in [0.05, 0.1) is 11.8 Å². The molecule has 0 amide bonds. The highest BCUT2D eigenvalue weighted by Gasteiger charge is 2.05. The van der Waals surface area contributed by atoms with E-state index >= 15 is 0 Å². The van der Waals surface area contributed by atoms with Gasteiger partial charge < -0.3 is 10.1 Å². The zero-order chi connectivity index (χ0) is 11.1. The van der Waals surface area contributed by atoms with Gasteiger partial charge in [-0.3, -0.25) is 0 Å². The molecule has 0 unspecified atom stereocenters. The highest BCUT2D eigenvalue weighted by Crippen LogP contribution is 2.21. The molecule has 1 N–H and O–H groups in total. The van der Waals surface area contributed by atoms with Crippen molar-refractivity contribution < 1.29 is 4.74 Å². The van der Waals surface area contributed by atoms with Crippen molar-refractivity contribution in [3.05, 3.63) is 18.3 Å². The first-order chi connectivity index (χ1) is 7.24. The van der Waals surface area contributed by atoms with E-state index in [-0.39, 0.29) is 6.10 Å². The Morgan fingerprint density at radius 2 is 2.33 bits per heavy atom. The minimum atomic E-state index is 0.154. The second-order valence-electron chi connectivity index (χ2n) is 3.44. The summed E-state index contributed by atoms with van der Waals surface area (Å²) in [6.07, 6.45) is 3.99. The molecule has 84 valence electrons. The van der Waals surface area contributed by atoms with Crippen molar-refractivity contribution in [3.8, 4) is 5.88 Å². The molecule has 15 heavy (non-hydrogen) atoms. The number of rotatable bonds is 6. The van der Waals surface area contributed by atoms with Gasteiger partial charge in [0.2, 0.25) is 5.88 Å². The van der Waals surface area contributed by atoms with Gasteiger partial charge in [-0.05, 0) is 32.2 Å². The molecule has 1 aromatic rings. The maximum absolute atomic E-state index is 5.60. The third-order valence-corrected chi connectivity index (χ3v) is 2.35. The van der Waals surface area contributed by atoms with Crippen molar-refractivity contribution >= 4 is 17.4 Å². The van der Waals surface area contributed by atoms with E-state index in [1.165, 1.54) is 0 Å². The van der Waals surface area contributed by atoms with Crippen LogP contribution in [0.4, 0.5) is 5.69 Å². The molecular weight excluding hydrogens is 208 g/mol. The summed E-state index contributed by atoms with van der Waals surface area (Å²) in [5, 5.41) is 3.31. The molecule has 0 aliphatic carbocycles. The van der Waals surface area contributed by atoms with E-state index in [1.807, 2.05) is 37.7 Å². The number of nitrogens with one attached hydrogen (secondary N) is 1. The quantitative estimate of drug-likeness (QED) is 0.756. The molecule has 0 aliphatic rings.